The van der Waals surface area contributed by atoms with Gasteiger partial charge in [0.15, 0.2) is 0 Å². The molecule has 0 fully saturated rings. The lowest BCUT2D eigenvalue weighted by molar-refractivity contribution is 0.0414. The van der Waals surface area contributed by atoms with Crippen LogP contribution in [0.15, 0.2) is 0 Å². The first kappa shape index (κ1) is 12.8. The monoisotopic (exact) mass is 190 g/mol. The molecule has 0 aliphatic carbocycles. The van der Waals surface area contributed by atoms with E-state index in [-0.39, 0.29) is 18.2 Å². The maximum Gasteiger partial charge on any atom is 0.0734 e. The Morgan fingerprint density at radius 2 is 2.23 bits per heavy atom. The van der Waals surface area contributed by atoms with Gasteiger partial charge in [-0.1, -0.05) is 0 Å². The number of ether oxygens (including phenoxy) is 1. The van der Waals surface area contributed by atoms with E-state index in [9.17, 15) is 0 Å². The van der Waals surface area contributed by atoms with Crippen molar-refractivity contribution >= 4 is 0 Å². The first-order valence-electron chi connectivity index (χ1n) is 4.69. The first-order chi connectivity index (χ1) is 6.10. The lowest BCUT2D eigenvalue weighted by atomic mass is 9.96. The van der Waals surface area contributed by atoms with Gasteiger partial charge in [0, 0.05) is 20.3 Å². The van der Waals surface area contributed by atoms with Crippen LogP contribution in [0.2, 0.25) is 0 Å². The Morgan fingerprint density at radius 3 is 2.62 bits per heavy atom. The summed E-state index contributed by atoms with van der Waals surface area (Å²) in [6.45, 7) is 5.50. The first-order valence-corrected chi connectivity index (χ1v) is 4.69. The Morgan fingerprint density at radius 1 is 1.62 bits per heavy atom. The van der Waals surface area contributed by atoms with E-state index in [1.165, 1.54) is 0 Å². The Bertz CT molecular complexity index is 133. The molecule has 0 radical (unpaired) electrons. The molecule has 4 nitrogen and oxygen atoms in total. The molecule has 0 saturated heterocycles. The second kappa shape index (κ2) is 6.32. The summed E-state index contributed by atoms with van der Waals surface area (Å²) in [6.07, 6.45) is 0.808. The molecule has 0 aromatic heterocycles. The second-order valence-electron chi connectivity index (χ2n) is 3.50. The molecular weight excluding hydrogens is 168 g/mol. The van der Waals surface area contributed by atoms with Gasteiger partial charge in [-0.15, -0.1) is 0 Å². The van der Waals surface area contributed by atoms with Crippen molar-refractivity contribution in [2.24, 2.45) is 5.73 Å². The fourth-order valence-electron chi connectivity index (χ4n) is 1.09. The zero-order valence-electron chi connectivity index (χ0n) is 8.84. The zero-order chi connectivity index (χ0) is 10.3. The maximum absolute atomic E-state index is 8.63. The van der Waals surface area contributed by atoms with E-state index in [4.69, 9.17) is 15.6 Å². The summed E-state index contributed by atoms with van der Waals surface area (Å²) in [6, 6.07) is 0. The summed E-state index contributed by atoms with van der Waals surface area (Å²) in [4.78, 5) is 0. The summed E-state index contributed by atoms with van der Waals surface area (Å²) in [5, 5.41) is 11.9. The quantitative estimate of drug-likeness (QED) is 0.483. The lowest BCUT2D eigenvalue weighted by Crippen LogP contribution is -2.57. The number of aliphatic hydroxyl groups excluding tert-OH is 1. The van der Waals surface area contributed by atoms with Gasteiger partial charge in [0.05, 0.1) is 11.6 Å². The molecule has 0 bridgehead atoms. The molecule has 2 atom stereocenters. The zero-order valence-corrected chi connectivity index (χ0v) is 8.84. The van der Waals surface area contributed by atoms with Crippen LogP contribution in [0.25, 0.3) is 0 Å². The van der Waals surface area contributed by atoms with Crippen LogP contribution in [-0.4, -0.2) is 43.6 Å². The summed E-state index contributed by atoms with van der Waals surface area (Å²) < 4.78 is 5.23. The van der Waals surface area contributed by atoms with Crippen molar-refractivity contribution in [1.29, 1.82) is 0 Å². The predicted molar refractivity (Wildman–Crippen MR) is 53.6 cm³/mol. The normalized spacial score (nSPS) is 18.2. The fourth-order valence-corrected chi connectivity index (χ4v) is 1.09. The van der Waals surface area contributed by atoms with Gasteiger partial charge in [0.2, 0.25) is 0 Å². The number of hydrogen-bond donors (Lipinski definition) is 3. The van der Waals surface area contributed by atoms with E-state index >= 15 is 0 Å². The second-order valence-corrected chi connectivity index (χ2v) is 3.50. The van der Waals surface area contributed by atoms with Gasteiger partial charge >= 0.3 is 0 Å². The van der Waals surface area contributed by atoms with E-state index in [1.807, 2.05) is 13.8 Å². The number of nitrogens with two attached hydrogens (primary N) is 1. The van der Waals surface area contributed by atoms with E-state index in [0.717, 1.165) is 13.0 Å². The van der Waals surface area contributed by atoms with E-state index in [1.54, 1.807) is 7.11 Å². The van der Waals surface area contributed by atoms with Crippen LogP contribution in [-0.2, 0) is 4.74 Å². The number of rotatable bonds is 7. The average molecular weight is 190 g/mol. The molecule has 0 aliphatic rings. The Labute approximate surface area is 80.5 Å². The summed E-state index contributed by atoms with van der Waals surface area (Å²) in [5.41, 5.74) is 5.46. The SMILES string of the molecule is COC(C)C(C)(CN)NCCCO. The van der Waals surface area contributed by atoms with Crippen LogP contribution >= 0.6 is 0 Å². The van der Waals surface area contributed by atoms with Crippen LogP contribution in [0.5, 0.6) is 0 Å². The standard InChI is InChI=1S/C9H22N2O2/c1-8(13-3)9(2,7-10)11-5-4-6-12/h8,11-12H,4-7,10H2,1-3H3. The summed E-state index contributed by atoms with van der Waals surface area (Å²) in [5.74, 6) is 0. The Balaban J connectivity index is 3.95. The number of nitrogens with one attached hydrogen (secondary N) is 1. The molecule has 4 N–H and O–H groups in total. The van der Waals surface area contributed by atoms with Gasteiger partial charge in [-0.2, -0.15) is 0 Å². The predicted octanol–water partition coefficient (Wildman–Crippen LogP) is -0.289. The van der Waals surface area contributed by atoms with Crippen molar-refractivity contribution in [3.63, 3.8) is 0 Å². The van der Waals surface area contributed by atoms with Gasteiger partial charge in [-0.25, -0.2) is 0 Å². The highest BCUT2D eigenvalue weighted by Gasteiger charge is 2.28. The molecule has 0 heterocycles. The molecule has 13 heavy (non-hydrogen) atoms. The molecule has 2 unspecified atom stereocenters. The van der Waals surface area contributed by atoms with Crippen molar-refractivity contribution in [2.45, 2.75) is 31.9 Å². The largest absolute Gasteiger partial charge is 0.396 e. The third-order valence-corrected chi connectivity index (χ3v) is 2.54. The molecule has 0 aliphatic heterocycles. The maximum atomic E-state index is 8.63. The molecule has 0 saturated carbocycles. The molecule has 0 aromatic rings. The van der Waals surface area contributed by atoms with E-state index in [0.29, 0.717) is 6.54 Å². The topological polar surface area (TPSA) is 67.5 Å². The Kier molecular flexibility index (Phi) is 6.24. The molecule has 0 spiro atoms. The van der Waals surface area contributed by atoms with E-state index < -0.39 is 0 Å². The van der Waals surface area contributed by atoms with Crippen molar-refractivity contribution < 1.29 is 9.84 Å². The molecule has 0 aromatic carbocycles. The molecule has 0 rings (SSSR count). The summed E-state index contributed by atoms with van der Waals surface area (Å²) in [7, 11) is 1.67. The smallest absolute Gasteiger partial charge is 0.0734 e. The minimum Gasteiger partial charge on any atom is -0.396 e. The lowest BCUT2D eigenvalue weighted by Gasteiger charge is -2.34. The van der Waals surface area contributed by atoms with Crippen LogP contribution in [0.4, 0.5) is 0 Å². The summed E-state index contributed by atoms with van der Waals surface area (Å²) >= 11 is 0. The highest BCUT2D eigenvalue weighted by atomic mass is 16.5. The van der Waals surface area contributed by atoms with Crippen LogP contribution < -0.4 is 11.1 Å². The van der Waals surface area contributed by atoms with Gasteiger partial charge in [-0.3, -0.25) is 0 Å². The van der Waals surface area contributed by atoms with Crippen molar-refractivity contribution in [1.82, 2.24) is 5.32 Å². The van der Waals surface area contributed by atoms with E-state index in [2.05, 4.69) is 5.32 Å². The number of aliphatic hydroxyl groups is 1. The number of methoxy groups -OCH3 is 1. The molecular formula is C9H22N2O2. The minimum absolute atomic E-state index is 0.0659. The van der Waals surface area contributed by atoms with Gasteiger partial charge in [0.1, 0.15) is 0 Å². The van der Waals surface area contributed by atoms with Crippen LogP contribution in [0, 0.1) is 0 Å². The fraction of sp³-hybridized carbons (Fsp3) is 1.00. The van der Waals surface area contributed by atoms with Gasteiger partial charge < -0.3 is 20.9 Å². The highest BCUT2D eigenvalue weighted by Crippen LogP contribution is 2.10. The van der Waals surface area contributed by atoms with Crippen molar-refractivity contribution in [3.8, 4) is 0 Å². The molecule has 0 amide bonds. The van der Waals surface area contributed by atoms with Crippen molar-refractivity contribution in [3.05, 3.63) is 0 Å². The average Bonchev–Trinajstić information content (AvgIpc) is 2.16. The third kappa shape index (κ3) is 4.04. The molecule has 80 valence electrons. The third-order valence-electron chi connectivity index (χ3n) is 2.54. The number of hydrogen-bond acceptors (Lipinski definition) is 4. The minimum atomic E-state index is -0.204. The van der Waals surface area contributed by atoms with Gasteiger partial charge in [-0.05, 0) is 26.8 Å². The molecule has 4 heteroatoms. The highest BCUT2D eigenvalue weighted by molar-refractivity contribution is 4.90. The van der Waals surface area contributed by atoms with Crippen LogP contribution in [0.3, 0.4) is 0 Å². The Hall–Kier alpha value is -0.160. The van der Waals surface area contributed by atoms with Crippen molar-refractivity contribution in [2.75, 3.05) is 26.8 Å². The van der Waals surface area contributed by atoms with Gasteiger partial charge in [0.25, 0.3) is 0 Å². The van der Waals surface area contributed by atoms with Crippen LogP contribution in [0.1, 0.15) is 20.3 Å².